The predicted molar refractivity (Wildman–Crippen MR) is 85.5 cm³/mol. The lowest BCUT2D eigenvalue weighted by Crippen LogP contribution is -2.26. The normalized spacial score (nSPS) is 12.5. The van der Waals surface area contributed by atoms with Crippen LogP contribution in [0.2, 0.25) is 0 Å². The standard InChI is InChI=1S/C17H22N2O2/c1-11(2)21-16-8-6-5-7-14(16)15-10-9-13(12(3)18)17(20)19(15)4/h5-12H,18H2,1-4H3. The molecule has 0 aliphatic heterocycles. The predicted octanol–water partition coefficient (Wildman–Crippen LogP) is 2.86. The van der Waals surface area contributed by atoms with Gasteiger partial charge in [0.25, 0.3) is 5.56 Å². The molecule has 112 valence electrons. The van der Waals surface area contributed by atoms with Crippen LogP contribution in [0.15, 0.2) is 41.2 Å². The Hall–Kier alpha value is -2.07. The summed E-state index contributed by atoms with van der Waals surface area (Å²) in [6, 6.07) is 11.2. The van der Waals surface area contributed by atoms with Gasteiger partial charge in [-0.25, -0.2) is 0 Å². The third-order valence-corrected chi connectivity index (χ3v) is 3.35. The molecule has 0 radical (unpaired) electrons. The molecule has 1 unspecified atom stereocenters. The lowest BCUT2D eigenvalue weighted by Gasteiger charge is -2.17. The van der Waals surface area contributed by atoms with Crippen molar-refractivity contribution in [1.82, 2.24) is 4.57 Å². The maximum absolute atomic E-state index is 12.4. The van der Waals surface area contributed by atoms with Gasteiger partial charge < -0.3 is 15.0 Å². The molecule has 2 N–H and O–H groups in total. The van der Waals surface area contributed by atoms with Gasteiger partial charge in [0.2, 0.25) is 0 Å². The third-order valence-electron chi connectivity index (χ3n) is 3.35. The van der Waals surface area contributed by atoms with Gasteiger partial charge in [0.05, 0.1) is 11.8 Å². The van der Waals surface area contributed by atoms with Crippen LogP contribution in [0.5, 0.6) is 5.75 Å². The number of para-hydroxylation sites is 1. The van der Waals surface area contributed by atoms with Crippen molar-refractivity contribution in [2.45, 2.75) is 32.9 Å². The average Bonchev–Trinajstić information content (AvgIpc) is 2.42. The summed E-state index contributed by atoms with van der Waals surface area (Å²) in [4.78, 5) is 12.4. The zero-order valence-corrected chi connectivity index (χ0v) is 13.0. The molecule has 4 heteroatoms. The van der Waals surface area contributed by atoms with Crippen LogP contribution in [0, 0.1) is 0 Å². The second kappa shape index (κ2) is 6.14. The summed E-state index contributed by atoms with van der Waals surface area (Å²) in [5.74, 6) is 0.774. The van der Waals surface area contributed by atoms with Gasteiger partial charge in [-0.05, 0) is 45.0 Å². The highest BCUT2D eigenvalue weighted by Gasteiger charge is 2.14. The lowest BCUT2D eigenvalue weighted by atomic mass is 10.1. The Kier molecular flexibility index (Phi) is 4.48. The summed E-state index contributed by atoms with van der Waals surface area (Å²) in [6.45, 7) is 5.77. The summed E-state index contributed by atoms with van der Waals surface area (Å²) in [7, 11) is 1.76. The van der Waals surface area contributed by atoms with Gasteiger partial charge >= 0.3 is 0 Å². The SMILES string of the molecule is CC(C)Oc1ccccc1-c1ccc(C(C)N)c(=O)n1C. The number of benzene rings is 1. The maximum Gasteiger partial charge on any atom is 0.255 e. The van der Waals surface area contributed by atoms with E-state index in [1.807, 2.05) is 51.1 Å². The molecule has 0 bridgehead atoms. The molecule has 0 saturated heterocycles. The molecule has 2 rings (SSSR count). The molecule has 2 aromatic rings. The second-order valence-corrected chi connectivity index (χ2v) is 5.49. The second-order valence-electron chi connectivity index (χ2n) is 5.49. The van der Waals surface area contributed by atoms with E-state index in [0.29, 0.717) is 5.56 Å². The molecule has 0 amide bonds. The van der Waals surface area contributed by atoms with Crippen LogP contribution >= 0.6 is 0 Å². The van der Waals surface area contributed by atoms with Crippen molar-refractivity contribution in [3.63, 3.8) is 0 Å². The molecular formula is C17H22N2O2. The summed E-state index contributed by atoms with van der Waals surface area (Å²) >= 11 is 0. The number of ether oxygens (including phenoxy) is 1. The Morgan fingerprint density at radius 2 is 1.76 bits per heavy atom. The largest absolute Gasteiger partial charge is 0.490 e. The van der Waals surface area contributed by atoms with E-state index in [2.05, 4.69) is 0 Å². The minimum absolute atomic E-state index is 0.0677. The van der Waals surface area contributed by atoms with Crippen LogP contribution < -0.4 is 16.0 Å². The van der Waals surface area contributed by atoms with E-state index in [0.717, 1.165) is 17.0 Å². The van der Waals surface area contributed by atoms with E-state index in [-0.39, 0.29) is 17.7 Å². The molecule has 0 spiro atoms. The van der Waals surface area contributed by atoms with E-state index in [1.54, 1.807) is 17.7 Å². The zero-order chi connectivity index (χ0) is 15.6. The fourth-order valence-corrected chi connectivity index (χ4v) is 2.31. The fraction of sp³-hybridized carbons (Fsp3) is 0.353. The highest BCUT2D eigenvalue weighted by atomic mass is 16.5. The Morgan fingerprint density at radius 3 is 2.38 bits per heavy atom. The molecule has 0 aliphatic rings. The zero-order valence-electron chi connectivity index (χ0n) is 13.0. The van der Waals surface area contributed by atoms with Crippen molar-refractivity contribution in [3.8, 4) is 17.0 Å². The maximum atomic E-state index is 12.4. The molecule has 0 aliphatic carbocycles. The van der Waals surface area contributed by atoms with E-state index in [1.165, 1.54) is 0 Å². The summed E-state index contributed by atoms with van der Waals surface area (Å²) in [5, 5.41) is 0. The number of hydrogen-bond acceptors (Lipinski definition) is 3. The van der Waals surface area contributed by atoms with Crippen LogP contribution in [0.1, 0.15) is 32.4 Å². The number of pyridine rings is 1. The quantitative estimate of drug-likeness (QED) is 0.940. The number of hydrogen-bond donors (Lipinski definition) is 1. The van der Waals surface area contributed by atoms with Crippen LogP contribution in [-0.2, 0) is 7.05 Å². The van der Waals surface area contributed by atoms with Crippen molar-refractivity contribution in [1.29, 1.82) is 0 Å². The molecule has 1 atom stereocenters. The Morgan fingerprint density at radius 1 is 1.10 bits per heavy atom. The Labute approximate surface area is 125 Å². The number of aromatic nitrogens is 1. The van der Waals surface area contributed by atoms with Gasteiger partial charge in [0.1, 0.15) is 5.75 Å². The van der Waals surface area contributed by atoms with Gasteiger partial charge in [0, 0.05) is 24.2 Å². The van der Waals surface area contributed by atoms with Gasteiger partial charge in [-0.2, -0.15) is 0 Å². The third kappa shape index (κ3) is 3.16. The topological polar surface area (TPSA) is 57.2 Å². The van der Waals surface area contributed by atoms with Crippen molar-refractivity contribution in [2.75, 3.05) is 0 Å². The first kappa shape index (κ1) is 15.3. The van der Waals surface area contributed by atoms with Gasteiger partial charge in [-0.1, -0.05) is 12.1 Å². The van der Waals surface area contributed by atoms with Gasteiger partial charge in [0.15, 0.2) is 0 Å². The van der Waals surface area contributed by atoms with Crippen LogP contribution in [0.3, 0.4) is 0 Å². The highest BCUT2D eigenvalue weighted by molar-refractivity contribution is 5.67. The molecule has 21 heavy (non-hydrogen) atoms. The number of rotatable bonds is 4. The van der Waals surface area contributed by atoms with E-state index in [4.69, 9.17) is 10.5 Å². The molecule has 1 aromatic carbocycles. The van der Waals surface area contributed by atoms with Crippen molar-refractivity contribution in [2.24, 2.45) is 12.8 Å². The average molecular weight is 286 g/mol. The summed E-state index contributed by atoms with van der Waals surface area (Å²) in [5.41, 5.74) is 8.10. The monoisotopic (exact) mass is 286 g/mol. The van der Waals surface area contributed by atoms with Crippen LogP contribution in [0.25, 0.3) is 11.3 Å². The smallest absolute Gasteiger partial charge is 0.255 e. The van der Waals surface area contributed by atoms with Crippen LogP contribution in [0.4, 0.5) is 0 Å². The van der Waals surface area contributed by atoms with Crippen molar-refractivity contribution < 1.29 is 4.74 Å². The Balaban J connectivity index is 2.58. The van der Waals surface area contributed by atoms with E-state index < -0.39 is 0 Å². The molecule has 0 fully saturated rings. The molecular weight excluding hydrogens is 264 g/mol. The lowest BCUT2D eigenvalue weighted by molar-refractivity contribution is 0.243. The molecule has 4 nitrogen and oxygen atoms in total. The van der Waals surface area contributed by atoms with Gasteiger partial charge in [-0.15, -0.1) is 0 Å². The molecule has 1 aromatic heterocycles. The number of nitrogens with two attached hydrogens (primary N) is 1. The fourth-order valence-electron chi connectivity index (χ4n) is 2.31. The first-order valence-corrected chi connectivity index (χ1v) is 7.13. The van der Waals surface area contributed by atoms with E-state index >= 15 is 0 Å². The summed E-state index contributed by atoms with van der Waals surface area (Å²) in [6.07, 6.45) is 0.0755. The molecule has 0 saturated carbocycles. The summed E-state index contributed by atoms with van der Waals surface area (Å²) < 4.78 is 7.46. The first-order chi connectivity index (χ1) is 9.91. The minimum atomic E-state index is -0.278. The molecule has 1 heterocycles. The highest BCUT2D eigenvalue weighted by Crippen LogP contribution is 2.29. The first-order valence-electron chi connectivity index (χ1n) is 7.13. The Bertz CT molecular complexity index is 687. The number of nitrogens with zero attached hydrogens (tertiary/aromatic N) is 1. The van der Waals surface area contributed by atoms with Crippen molar-refractivity contribution in [3.05, 3.63) is 52.3 Å². The van der Waals surface area contributed by atoms with Crippen molar-refractivity contribution >= 4 is 0 Å². The van der Waals surface area contributed by atoms with Crippen LogP contribution in [-0.4, -0.2) is 10.7 Å². The van der Waals surface area contributed by atoms with Gasteiger partial charge in [-0.3, -0.25) is 4.79 Å². The van der Waals surface area contributed by atoms with E-state index in [9.17, 15) is 4.79 Å². The minimum Gasteiger partial charge on any atom is -0.490 e.